The van der Waals surface area contributed by atoms with Crippen molar-refractivity contribution in [3.63, 3.8) is 0 Å². The summed E-state index contributed by atoms with van der Waals surface area (Å²) in [6, 6.07) is 2.26. The van der Waals surface area contributed by atoms with E-state index in [9.17, 15) is 4.79 Å². The Kier molecular flexibility index (Phi) is 5.87. The van der Waals surface area contributed by atoms with Crippen LogP contribution in [0.2, 0.25) is 0 Å². The van der Waals surface area contributed by atoms with Crippen molar-refractivity contribution in [2.45, 2.75) is 31.7 Å². The van der Waals surface area contributed by atoms with Crippen molar-refractivity contribution in [2.24, 2.45) is 5.92 Å². The van der Waals surface area contributed by atoms with Crippen LogP contribution < -0.4 is 5.32 Å². The second-order valence-electron chi connectivity index (χ2n) is 7.83. The predicted octanol–water partition coefficient (Wildman–Crippen LogP) is 0.992. The quantitative estimate of drug-likeness (QED) is 0.867. The zero-order valence-corrected chi connectivity index (χ0v) is 15.6. The molecule has 1 unspecified atom stereocenters. The van der Waals surface area contributed by atoms with Crippen molar-refractivity contribution in [3.8, 4) is 0 Å². The molecule has 4 rings (SSSR count). The van der Waals surface area contributed by atoms with E-state index in [2.05, 4.69) is 15.3 Å². The fourth-order valence-corrected chi connectivity index (χ4v) is 4.30. The van der Waals surface area contributed by atoms with Crippen molar-refractivity contribution in [2.75, 3.05) is 59.0 Å². The predicted molar refractivity (Wildman–Crippen MR) is 99.3 cm³/mol. The zero-order valence-electron chi connectivity index (χ0n) is 15.6. The molecule has 1 aromatic rings. The second-order valence-corrected chi connectivity index (χ2v) is 7.83. The molecule has 26 heavy (non-hydrogen) atoms. The lowest BCUT2D eigenvalue weighted by molar-refractivity contribution is 0.0391. The SMILES string of the molecule is O=C(c1ccn(C2CCCNC2)n1)N1CCN(CC2CCOCC2)CC1. The van der Waals surface area contributed by atoms with Gasteiger partial charge in [-0.2, -0.15) is 5.10 Å². The Bertz CT molecular complexity index is 585. The third kappa shape index (κ3) is 4.27. The van der Waals surface area contributed by atoms with E-state index in [4.69, 9.17) is 4.74 Å². The number of carbonyl (C=O) groups excluding carboxylic acids is 1. The molecule has 1 N–H and O–H groups in total. The van der Waals surface area contributed by atoms with Crippen LogP contribution in [-0.4, -0.2) is 84.5 Å². The van der Waals surface area contributed by atoms with Gasteiger partial charge in [0.15, 0.2) is 0 Å². The molecule has 0 aliphatic carbocycles. The molecule has 0 radical (unpaired) electrons. The van der Waals surface area contributed by atoms with Crippen molar-refractivity contribution in [3.05, 3.63) is 18.0 Å². The van der Waals surface area contributed by atoms with Gasteiger partial charge in [-0.05, 0) is 44.2 Å². The molecule has 0 saturated carbocycles. The van der Waals surface area contributed by atoms with E-state index in [-0.39, 0.29) is 5.91 Å². The fourth-order valence-electron chi connectivity index (χ4n) is 4.30. The number of carbonyl (C=O) groups is 1. The van der Waals surface area contributed by atoms with Gasteiger partial charge < -0.3 is 15.0 Å². The number of aromatic nitrogens is 2. The number of amides is 1. The summed E-state index contributed by atoms with van der Waals surface area (Å²) in [6.07, 6.45) is 6.61. The number of hydrogen-bond acceptors (Lipinski definition) is 5. The molecule has 144 valence electrons. The van der Waals surface area contributed by atoms with Gasteiger partial charge in [-0.3, -0.25) is 14.4 Å². The van der Waals surface area contributed by atoms with Crippen LogP contribution in [0, 0.1) is 5.92 Å². The standard InChI is InChI=1S/C19H31N5O2/c25-19(18-3-7-24(21-18)17-2-1-6-20-14-17)23-10-8-22(9-11-23)15-16-4-12-26-13-5-16/h3,7,16-17,20H,1-2,4-6,8-15H2. The highest BCUT2D eigenvalue weighted by molar-refractivity contribution is 5.92. The molecule has 0 spiro atoms. The van der Waals surface area contributed by atoms with E-state index < -0.39 is 0 Å². The zero-order chi connectivity index (χ0) is 17.8. The maximum absolute atomic E-state index is 12.8. The van der Waals surface area contributed by atoms with Crippen LogP contribution >= 0.6 is 0 Å². The van der Waals surface area contributed by atoms with Gasteiger partial charge in [-0.25, -0.2) is 0 Å². The largest absolute Gasteiger partial charge is 0.381 e. The lowest BCUT2D eigenvalue weighted by atomic mass is 9.99. The number of nitrogens with zero attached hydrogens (tertiary/aromatic N) is 4. The Morgan fingerprint density at radius 1 is 1.19 bits per heavy atom. The average Bonchev–Trinajstić information content (AvgIpc) is 3.20. The summed E-state index contributed by atoms with van der Waals surface area (Å²) in [5, 5.41) is 7.98. The van der Waals surface area contributed by atoms with Crippen molar-refractivity contribution in [1.82, 2.24) is 24.9 Å². The maximum atomic E-state index is 12.8. The van der Waals surface area contributed by atoms with E-state index in [1.807, 2.05) is 21.8 Å². The highest BCUT2D eigenvalue weighted by Crippen LogP contribution is 2.19. The summed E-state index contributed by atoms with van der Waals surface area (Å²) in [4.78, 5) is 17.3. The summed E-state index contributed by atoms with van der Waals surface area (Å²) in [7, 11) is 0. The molecule has 1 atom stereocenters. The Balaban J connectivity index is 1.27. The van der Waals surface area contributed by atoms with Crippen molar-refractivity contribution < 1.29 is 9.53 Å². The molecule has 3 aliphatic rings. The summed E-state index contributed by atoms with van der Waals surface area (Å²) in [5.74, 6) is 0.837. The molecule has 3 aliphatic heterocycles. The molecule has 0 aromatic carbocycles. The number of hydrogen-bond donors (Lipinski definition) is 1. The molecule has 0 bridgehead atoms. The lowest BCUT2D eigenvalue weighted by Gasteiger charge is -2.37. The van der Waals surface area contributed by atoms with Crippen LogP contribution in [0.25, 0.3) is 0 Å². The lowest BCUT2D eigenvalue weighted by Crippen LogP contribution is -2.50. The first-order chi connectivity index (χ1) is 12.8. The number of piperidine rings is 1. The number of rotatable bonds is 4. The summed E-state index contributed by atoms with van der Waals surface area (Å²) in [5.41, 5.74) is 0.591. The Hall–Kier alpha value is -1.44. The summed E-state index contributed by atoms with van der Waals surface area (Å²) >= 11 is 0. The van der Waals surface area contributed by atoms with Gasteiger partial charge in [0, 0.05) is 58.7 Å². The topological polar surface area (TPSA) is 62.6 Å². The van der Waals surface area contributed by atoms with Crippen molar-refractivity contribution >= 4 is 5.91 Å². The van der Waals surface area contributed by atoms with Gasteiger partial charge in [0.1, 0.15) is 5.69 Å². The summed E-state index contributed by atoms with van der Waals surface area (Å²) < 4.78 is 7.42. The minimum atomic E-state index is 0.0817. The van der Waals surface area contributed by atoms with Gasteiger partial charge in [0.05, 0.1) is 6.04 Å². The van der Waals surface area contributed by atoms with Gasteiger partial charge >= 0.3 is 0 Å². The Labute approximate surface area is 155 Å². The molecule has 4 heterocycles. The van der Waals surface area contributed by atoms with Crippen LogP contribution in [0.4, 0.5) is 0 Å². The molecular formula is C19H31N5O2. The fraction of sp³-hybridized carbons (Fsp3) is 0.789. The first kappa shape index (κ1) is 17.9. The summed E-state index contributed by atoms with van der Waals surface area (Å²) in [6.45, 7) is 8.54. The van der Waals surface area contributed by atoms with Crippen LogP contribution in [-0.2, 0) is 4.74 Å². The van der Waals surface area contributed by atoms with Crippen molar-refractivity contribution in [1.29, 1.82) is 0 Å². The van der Waals surface area contributed by atoms with Gasteiger partial charge in [-0.1, -0.05) is 0 Å². The molecule has 1 amide bonds. The van der Waals surface area contributed by atoms with E-state index in [0.717, 1.165) is 71.4 Å². The highest BCUT2D eigenvalue weighted by atomic mass is 16.5. The maximum Gasteiger partial charge on any atom is 0.274 e. The van der Waals surface area contributed by atoms with Crippen LogP contribution in [0.15, 0.2) is 12.3 Å². The first-order valence-electron chi connectivity index (χ1n) is 10.1. The van der Waals surface area contributed by atoms with E-state index in [0.29, 0.717) is 11.7 Å². The molecule has 3 fully saturated rings. The minimum absolute atomic E-state index is 0.0817. The Morgan fingerprint density at radius 2 is 2.00 bits per heavy atom. The minimum Gasteiger partial charge on any atom is -0.381 e. The van der Waals surface area contributed by atoms with E-state index in [1.54, 1.807) is 0 Å². The van der Waals surface area contributed by atoms with E-state index >= 15 is 0 Å². The van der Waals surface area contributed by atoms with E-state index in [1.165, 1.54) is 19.3 Å². The Morgan fingerprint density at radius 3 is 2.73 bits per heavy atom. The second kappa shape index (κ2) is 8.50. The highest BCUT2D eigenvalue weighted by Gasteiger charge is 2.26. The molecule has 7 nitrogen and oxygen atoms in total. The molecule has 7 heteroatoms. The monoisotopic (exact) mass is 361 g/mol. The number of ether oxygens (including phenoxy) is 1. The van der Waals surface area contributed by atoms with Gasteiger partial charge in [0.25, 0.3) is 5.91 Å². The first-order valence-corrected chi connectivity index (χ1v) is 10.1. The number of nitrogens with one attached hydrogen (secondary N) is 1. The van der Waals surface area contributed by atoms with Crippen LogP contribution in [0.1, 0.15) is 42.2 Å². The average molecular weight is 361 g/mol. The van der Waals surface area contributed by atoms with Crippen LogP contribution in [0.5, 0.6) is 0 Å². The molecule has 3 saturated heterocycles. The number of piperazine rings is 1. The van der Waals surface area contributed by atoms with Gasteiger partial charge in [0.2, 0.25) is 0 Å². The smallest absolute Gasteiger partial charge is 0.274 e. The normalized spacial score (nSPS) is 26.2. The third-order valence-corrected chi connectivity index (χ3v) is 5.99. The third-order valence-electron chi connectivity index (χ3n) is 5.99. The molecule has 1 aromatic heterocycles. The van der Waals surface area contributed by atoms with Gasteiger partial charge in [-0.15, -0.1) is 0 Å². The molecular weight excluding hydrogens is 330 g/mol. The van der Waals surface area contributed by atoms with Crippen LogP contribution in [0.3, 0.4) is 0 Å².